The number of halogens is 1. The van der Waals surface area contributed by atoms with Crippen LogP contribution in [-0.4, -0.2) is 48.0 Å². The molecule has 1 aromatic heterocycles. The van der Waals surface area contributed by atoms with E-state index in [4.69, 9.17) is 25.8 Å². The molecule has 0 fully saturated rings. The largest absolute Gasteiger partial charge is 0.493 e. The van der Waals surface area contributed by atoms with Gasteiger partial charge in [-0.25, -0.2) is 9.78 Å². The number of benzene rings is 2. The topological polar surface area (TPSA) is 119 Å². The van der Waals surface area contributed by atoms with E-state index in [1.807, 2.05) is 6.07 Å². The molecule has 1 amide bonds. The molecule has 2 aliphatic rings. The minimum absolute atomic E-state index is 0.0340. The van der Waals surface area contributed by atoms with E-state index < -0.39 is 17.9 Å². The summed E-state index contributed by atoms with van der Waals surface area (Å²) < 4.78 is 16.5. The van der Waals surface area contributed by atoms with E-state index in [0.717, 1.165) is 36.5 Å². The van der Waals surface area contributed by atoms with Crippen molar-refractivity contribution in [3.05, 3.63) is 75.9 Å². The molecule has 2 aromatic carbocycles. The fourth-order valence-corrected chi connectivity index (χ4v) is 4.56. The van der Waals surface area contributed by atoms with Gasteiger partial charge in [-0.15, -0.1) is 0 Å². The number of hydrogen-bond acceptors (Lipinski definition) is 7. The van der Waals surface area contributed by atoms with Gasteiger partial charge in [-0.3, -0.25) is 4.79 Å². The Morgan fingerprint density at radius 3 is 2.78 bits per heavy atom. The Hall–Kier alpha value is -3.98. The molecule has 0 aliphatic carbocycles. The highest BCUT2D eigenvalue weighted by atomic mass is 35.5. The van der Waals surface area contributed by atoms with Crippen molar-refractivity contribution in [2.24, 2.45) is 0 Å². The minimum atomic E-state index is -1.17. The van der Waals surface area contributed by atoms with Gasteiger partial charge in [0.2, 0.25) is 6.79 Å². The lowest BCUT2D eigenvalue weighted by molar-refractivity contribution is -0.139. The highest BCUT2D eigenvalue weighted by molar-refractivity contribution is 6.34. The van der Waals surface area contributed by atoms with Crippen LogP contribution in [0.4, 0.5) is 5.82 Å². The van der Waals surface area contributed by atoms with Crippen LogP contribution in [0.1, 0.15) is 33.6 Å². The summed E-state index contributed by atoms with van der Waals surface area (Å²) in [4.78, 5) is 29.4. The smallest absolute Gasteiger partial charge is 0.326 e. The second-order valence-corrected chi connectivity index (χ2v) is 9.21. The normalized spacial score (nSPS) is 14.3. The Morgan fingerprint density at radius 1 is 1.14 bits per heavy atom. The van der Waals surface area contributed by atoms with Crippen LogP contribution < -0.4 is 24.8 Å². The molecular weight excluding hydrogens is 498 g/mol. The first-order valence-electron chi connectivity index (χ1n) is 12.0. The fraction of sp³-hybridized carbons (Fsp3) is 0.296. The lowest BCUT2D eigenvalue weighted by Gasteiger charge is -2.17. The summed E-state index contributed by atoms with van der Waals surface area (Å²) in [7, 11) is 0. The molecule has 0 unspecified atom stereocenters. The van der Waals surface area contributed by atoms with Crippen molar-refractivity contribution in [1.82, 2.24) is 10.3 Å². The predicted octanol–water partition coefficient (Wildman–Crippen LogP) is 3.87. The van der Waals surface area contributed by atoms with Crippen molar-refractivity contribution in [1.29, 1.82) is 0 Å². The van der Waals surface area contributed by atoms with Crippen molar-refractivity contribution < 1.29 is 28.9 Å². The highest BCUT2D eigenvalue weighted by Gasteiger charge is 2.28. The average Bonchev–Trinajstić information content (AvgIpc) is 3.37. The van der Waals surface area contributed by atoms with E-state index in [1.165, 1.54) is 11.6 Å². The minimum Gasteiger partial charge on any atom is -0.493 e. The molecule has 1 atom stereocenters. The molecule has 3 heterocycles. The highest BCUT2D eigenvalue weighted by Crippen LogP contribution is 2.39. The Labute approximate surface area is 218 Å². The van der Waals surface area contributed by atoms with Gasteiger partial charge in [0.1, 0.15) is 23.2 Å². The second kappa shape index (κ2) is 11.0. The molecule has 3 aromatic rings. The van der Waals surface area contributed by atoms with Crippen LogP contribution in [0, 0.1) is 0 Å². The van der Waals surface area contributed by atoms with Crippen molar-refractivity contribution in [3.8, 4) is 17.2 Å². The number of fused-ring (bicyclic) bond motifs is 2. The third-order valence-corrected chi connectivity index (χ3v) is 6.58. The van der Waals surface area contributed by atoms with E-state index in [2.05, 4.69) is 21.7 Å². The second-order valence-electron chi connectivity index (χ2n) is 8.81. The molecule has 0 bridgehead atoms. The van der Waals surface area contributed by atoms with Gasteiger partial charge < -0.3 is 30.0 Å². The zero-order chi connectivity index (χ0) is 25.8. The first-order valence-corrected chi connectivity index (χ1v) is 12.4. The van der Waals surface area contributed by atoms with Gasteiger partial charge in [-0.2, -0.15) is 0 Å². The Balaban J connectivity index is 1.17. The Bertz CT molecular complexity index is 1310. The Morgan fingerprint density at radius 2 is 1.97 bits per heavy atom. The number of nitrogens with one attached hydrogen (secondary N) is 2. The number of carbonyl (C=O) groups excluding carboxylic acids is 1. The van der Waals surface area contributed by atoms with Crippen molar-refractivity contribution in [2.45, 2.75) is 31.7 Å². The van der Waals surface area contributed by atoms with Crippen molar-refractivity contribution >= 4 is 29.3 Å². The van der Waals surface area contributed by atoms with E-state index in [0.29, 0.717) is 24.5 Å². The number of ether oxygens (including phenoxy) is 3. The molecule has 9 nitrogen and oxygen atoms in total. The van der Waals surface area contributed by atoms with Crippen LogP contribution in [0.2, 0.25) is 5.02 Å². The van der Waals surface area contributed by atoms with Gasteiger partial charge in [0.25, 0.3) is 5.91 Å². The summed E-state index contributed by atoms with van der Waals surface area (Å²) in [6, 6.07) is 13.2. The number of rotatable bonds is 9. The number of nitrogens with zero attached hydrogens (tertiary/aromatic N) is 1. The summed E-state index contributed by atoms with van der Waals surface area (Å²) in [5.74, 6) is 0.410. The molecule has 2 aliphatic heterocycles. The van der Waals surface area contributed by atoms with Crippen molar-refractivity contribution in [3.63, 3.8) is 0 Å². The van der Waals surface area contributed by atoms with Gasteiger partial charge in [-0.05, 0) is 54.3 Å². The summed E-state index contributed by atoms with van der Waals surface area (Å²) in [6.45, 7) is 1.38. The summed E-state index contributed by atoms with van der Waals surface area (Å²) >= 11 is 6.19. The van der Waals surface area contributed by atoms with Crippen LogP contribution >= 0.6 is 11.6 Å². The lowest BCUT2D eigenvalue weighted by atomic mass is 10.0. The quantitative estimate of drug-likeness (QED) is 0.387. The van der Waals surface area contributed by atoms with Gasteiger partial charge in [0.05, 0.1) is 11.6 Å². The van der Waals surface area contributed by atoms with Crippen LogP contribution in [0.25, 0.3) is 0 Å². The fourth-order valence-electron chi connectivity index (χ4n) is 4.33. The number of aryl methyl sites for hydroxylation is 1. The zero-order valence-corrected chi connectivity index (χ0v) is 20.7. The number of pyridine rings is 1. The standard InChI is InChI=1S/C27H26ClN3O6/c28-20-9-10-22-24(37-15-36-22)23(20)26(32)31-21(27(33)34)14-16-3-7-19(8-4-16)35-13-11-18-6-5-17-2-1-12-29-25(17)30-18/h3-10,21H,1-2,11-15H2,(H,29,30)(H,31,32)(H,33,34)/t21-/m0/s1. The van der Waals surface area contributed by atoms with Crippen LogP contribution in [0.15, 0.2) is 48.5 Å². The van der Waals surface area contributed by atoms with E-state index in [1.54, 1.807) is 30.3 Å². The third-order valence-electron chi connectivity index (χ3n) is 6.26. The number of hydrogen-bond donors (Lipinski definition) is 3. The monoisotopic (exact) mass is 523 g/mol. The number of carbonyl (C=O) groups is 2. The Kier molecular flexibility index (Phi) is 7.32. The molecule has 0 spiro atoms. The maximum atomic E-state index is 12.9. The van der Waals surface area contributed by atoms with E-state index in [-0.39, 0.29) is 29.5 Å². The number of amides is 1. The number of aliphatic carboxylic acids is 1. The van der Waals surface area contributed by atoms with Gasteiger partial charge >= 0.3 is 5.97 Å². The molecule has 10 heteroatoms. The number of aromatic nitrogens is 1. The van der Waals surface area contributed by atoms with Crippen LogP contribution in [0.3, 0.4) is 0 Å². The lowest BCUT2D eigenvalue weighted by Crippen LogP contribution is -2.42. The van der Waals surface area contributed by atoms with Gasteiger partial charge in [0, 0.05) is 25.1 Å². The molecule has 192 valence electrons. The number of anilines is 1. The molecule has 5 rings (SSSR count). The third kappa shape index (κ3) is 5.72. The molecule has 0 radical (unpaired) electrons. The molecule has 3 N–H and O–H groups in total. The average molecular weight is 524 g/mol. The number of carboxylic acids is 1. The maximum Gasteiger partial charge on any atom is 0.326 e. The maximum absolute atomic E-state index is 12.9. The van der Waals surface area contributed by atoms with E-state index >= 15 is 0 Å². The van der Waals surface area contributed by atoms with Crippen LogP contribution in [-0.2, 0) is 24.1 Å². The SMILES string of the molecule is O=C(N[C@@H](Cc1ccc(OCCc2ccc3c(n2)NCCC3)cc1)C(=O)O)c1c(Cl)ccc2c1OCO2. The summed E-state index contributed by atoms with van der Waals surface area (Å²) in [6.07, 6.45) is 2.93. The number of carboxylic acid groups (broad SMARTS) is 1. The van der Waals surface area contributed by atoms with Gasteiger partial charge in [-0.1, -0.05) is 29.8 Å². The zero-order valence-electron chi connectivity index (χ0n) is 20.0. The van der Waals surface area contributed by atoms with Crippen molar-refractivity contribution in [2.75, 3.05) is 25.3 Å². The first-order chi connectivity index (χ1) is 18.0. The molecular formula is C27H26ClN3O6. The molecule has 37 heavy (non-hydrogen) atoms. The predicted molar refractivity (Wildman–Crippen MR) is 137 cm³/mol. The summed E-state index contributed by atoms with van der Waals surface area (Å²) in [5, 5.41) is 15.7. The molecule has 0 saturated carbocycles. The first kappa shape index (κ1) is 24.7. The van der Waals surface area contributed by atoms with Crippen LogP contribution in [0.5, 0.6) is 17.2 Å². The van der Waals surface area contributed by atoms with E-state index in [9.17, 15) is 14.7 Å². The molecule has 0 saturated heterocycles. The summed E-state index contributed by atoms with van der Waals surface area (Å²) in [5.41, 5.74) is 2.99. The van der Waals surface area contributed by atoms with Gasteiger partial charge in [0.15, 0.2) is 11.5 Å².